The minimum Gasteiger partial charge on any atom is -0.449 e. The zero-order valence-corrected chi connectivity index (χ0v) is 11.8. The number of anilines is 1. The number of carbonyl (C=O) groups excluding carboxylic acids is 1. The van der Waals surface area contributed by atoms with E-state index in [0.29, 0.717) is 25.0 Å². The number of nitrogens with zero attached hydrogens (tertiary/aromatic N) is 1. The topological polar surface area (TPSA) is 29.5 Å². The molecule has 17 heavy (non-hydrogen) atoms. The van der Waals surface area contributed by atoms with Gasteiger partial charge in [-0.25, -0.2) is 4.79 Å². The van der Waals surface area contributed by atoms with Gasteiger partial charge >= 0.3 is 6.09 Å². The standard InChI is InChI=1S/C13H21NO2S/c1-10(2)8-14(12-6-5-7-17-12)13(15)16-9-11(3)4/h5-7,10-11H,8-9H2,1-4H3. The van der Waals surface area contributed by atoms with Gasteiger partial charge in [0.15, 0.2) is 0 Å². The average Bonchev–Trinajstić information content (AvgIpc) is 2.75. The van der Waals surface area contributed by atoms with Crippen molar-refractivity contribution in [1.29, 1.82) is 0 Å². The van der Waals surface area contributed by atoms with Crippen LogP contribution >= 0.6 is 11.3 Å². The first-order chi connectivity index (χ1) is 8.00. The molecular formula is C13H21NO2S. The van der Waals surface area contributed by atoms with Crippen molar-refractivity contribution < 1.29 is 9.53 Å². The van der Waals surface area contributed by atoms with E-state index in [9.17, 15) is 4.79 Å². The lowest BCUT2D eigenvalue weighted by atomic mass is 10.2. The van der Waals surface area contributed by atoms with E-state index in [1.54, 1.807) is 16.2 Å². The van der Waals surface area contributed by atoms with Crippen molar-refractivity contribution in [3.63, 3.8) is 0 Å². The van der Waals surface area contributed by atoms with Crippen LogP contribution in [0.1, 0.15) is 27.7 Å². The summed E-state index contributed by atoms with van der Waals surface area (Å²) in [5, 5.41) is 2.92. The Morgan fingerprint density at radius 3 is 2.53 bits per heavy atom. The number of thiophene rings is 1. The summed E-state index contributed by atoms with van der Waals surface area (Å²) >= 11 is 1.56. The summed E-state index contributed by atoms with van der Waals surface area (Å²) < 4.78 is 5.28. The van der Waals surface area contributed by atoms with Crippen LogP contribution in [0.25, 0.3) is 0 Å². The van der Waals surface area contributed by atoms with Crippen molar-refractivity contribution in [2.75, 3.05) is 18.1 Å². The molecule has 0 aliphatic heterocycles. The van der Waals surface area contributed by atoms with Crippen molar-refractivity contribution in [3.05, 3.63) is 17.5 Å². The van der Waals surface area contributed by atoms with Gasteiger partial charge < -0.3 is 4.74 Å². The average molecular weight is 255 g/mol. The first kappa shape index (κ1) is 14.0. The Bertz CT molecular complexity index is 333. The van der Waals surface area contributed by atoms with E-state index in [1.807, 2.05) is 31.4 Å². The van der Waals surface area contributed by atoms with Gasteiger partial charge in [0, 0.05) is 6.54 Å². The van der Waals surface area contributed by atoms with Crippen molar-refractivity contribution >= 4 is 22.4 Å². The van der Waals surface area contributed by atoms with Crippen molar-refractivity contribution in [2.24, 2.45) is 11.8 Å². The van der Waals surface area contributed by atoms with Crippen LogP contribution in [-0.4, -0.2) is 19.2 Å². The van der Waals surface area contributed by atoms with Crippen LogP contribution in [0, 0.1) is 11.8 Å². The minimum absolute atomic E-state index is 0.241. The largest absolute Gasteiger partial charge is 0.449 e. The van der Waals surface area contributed by atoms with E-state index >= 15 is 0 Å². The van der Waals surface area contributed by atoms with E-state index in [4.69, 9.17) is 4.74 Å². The van der Waals surface area contributed by atoms with E-state index < -0.39 is 0 Å². The highest BCUT2D eigenvalue weighted by atomic mass is 32.1. The molecular weight excluding hydrogens is 234 g/mol. The number of rotatable bonds is 5. The first-order valence-electron chi connectivity index (χ1n) is 5.98. The van der Waals surface area contributed by atoms with Gasteiger partial charge in [0.1, 0.15) is 5.00 Å². The molecule has 0 spiro atoms. The molecule has 0 saturated carbocycles. The second-order valence-electron chi connectivity index (χ2n) is 4.93. The highest BCUT2D eigenvalue weighted by Crippen LogP contribution is 2.23. The maximum absolute atomic E-state index is 12.0. The van der Waals surface area contributed by atoms with Gasteiger partial charge in [0.05, 0.1) is 6.61 Å². The fourth-order valence-electron chi connectivity index (χ4n) is 1.36. The second kappa shape index (κ2) is 6.64. The summed E-state index contributed by atoms with van der Waals surface area (Å²) in [4.78, 5) is 13.7. The number of carbonyl (C=O) groups is 1. The molecule has 0 N–H and O–H groups in total. The Balaban J connectivity index is 2.66. The Labute approximate surface area is 107 Å². The maximum atomic E-state index is 12.0. The van der Waals surface area contributed by atoms with Crippen LogP contribution in [0.5, 0.6) is 0 Å². The Kier molecular flexibility index (Phi) is 5.48. The number of amides is 1. The lowest BCUT2D eigenvalue weighted by molar-refractivity contribution is 0.139. The van der Waals surface area contributed by atoms with Crippen LogP contribution in [0.15, 0.2) is 17.5 Å². The molecule has 0 radical (unpaired) electrons. The van der Waals surface area contributed by atoms with Gasteiger partial charge in [-0.15, -0.1) is 11.3 Å². The number of hydrogen-bond acceptors (Lipinski definition) is 3. The molecule has 3 nitrogen and oxygen atoms in total. The fourth-order valence-corrected chi connectivity index (χ4v) is 2.09. The molecule has 0 bridgehead atoms. The van der Waals surface area contributed by atoms with Gasteiger partial charge in [0.25, 0.3) is 0 Å². The smallest absolute Gasteiger partial charge is 0.414 e. The predicted octanol–water partition coefficient (Wildman–Crippen LogP) is 4.00. The molecule has 1 amide bonds. The minimum atomic E-state index is -0.241. The number of ether oxygens (including phenoxy) is 1. The van der Waals surface area contributed by atoms with Crippen LogP contribution in [0.4, 0.5) is 9.80 Å². The quantitative estimate of drug-likeness (QED) is 0.795. The first-order valence-corrected chi connectivity index (χ1v) is 6.86. The summed E-state index contributed by atoms with van der Waals surface area (Å²) in [7, 11) is 0. The number of hydrogen-bond donors (Lipinski definition) is 0. The van der Waals surface area contributed by atoms with E-state index in [0.717, 1.165) is 5.00 Å². The third-order valence-electron chi connectivity index (χ3n) is 2.08. The third kappa shape index (κ3) is 4.77. The maximum Gasteiger partial charge on any atom is 0.414 e. The van der Waals surface area contributed by atoms with Crippen molar-refractivity contribution in [3.8, 4) is 0 Å². The molecule has 0 aliphatic carbocycles. The Morgan fingerprint density at radius 2 is 2.06 bits per heavy atom. The molecule has 1 aromatic heterocycles. The molecule has 1 rings (SSSR count). The molecule has 0 aromatic carbocycles. The second-order valence-corrected chi connectivity index (χ2v) is 5.85. The molecule has 0 saturated heterocycles. The molecule has 1 aromatic rings. The highest BCUT2D eigenvalue weighted by molar-refractivity contribution is 7.14. The van der Waals surface area contributed by atoms with Crippen LogP contribution in [0.3, 0.4) is 0 Å². The molecule has 0 unspecified atom stereocenters. The fraction of sp³-hybridized carbons (Fsp3) is 0.615. The lowest BCUT2D eigenvalue weighted by Crippen LogP contribution is -2.34. The molecule has 4 heteroatoms. The molecule has 0 fully saturated rings. The Hall–Kier alpha value is -1.03. The highest BCUT2D eigenvalue weighted by Gasteiger charge is 2.19. The van der Waals surface area contributed by atoms with Gasteiger partial charge in [-0.05, 0) is 29.3 Å². The third-order valence-corrected chi connectivity index (χ3v) is 2.97. The lowest BCUT2D eigenvalue weighted by Gasteiger charge is -2.22. The van der Waals surface area contributed by atoms with Crippen LogP contribution in [-0.2, 0) is 4.74 Å². The van der Waals surface area contributed by atoms with Crippen molar-refractivity contribution in [2.45, 2.75) is 27.7 Å². The van der Waals surface area contributed by atoms with Gasteiger partial charge in [-0.2, -0.15) is 0 Å². The summed E-state index contributed by atoms with van der Waals surface area (Å²) in [6.07, 6.45) is -0.241. The Morgan fingerprint density at radius 1 is 1.35 bits per heavy atom. The van der Waals surface area contributed by atoms with Crippen molar-refractivity contribution in [1.82, 2.24) is 0 Å². The van der Waals surface area contributed by atoms with Gasteiger partial charge in [-0.3, -0.25) is 4.90 Å². The summed E-state index contributed by atoms with van der Waals surface area (Å²) in [6.45, 7) is 9.42. The summed E-state index contributed by atoms with van der Waals surface area (Å²) in [5.74, 6) is 0.784. The molecule has 0 atom stereocenters. The van der Waals surface area contributed by atoms with E-state index in [2.05, 4.69) is 13.8 Å². The summed E-state index contributed by atoms with van der Waals surface area (Å²) in [5.41, 5.74) is 0. The predicted molar refractivity (Wildman–Crippen MR) is 72.7 cm³/mol. The zero-order valence-electron chi connectivity index (χ0n) is 11.0. The normalized spacial score (nSPS) is 10.9. The SMILES string of the molecule is CC(C)COC(=O)N(CC(C)C)c1cccs1. The summed E-state index contributed by atoms with van der Waals surface area (Å²) in [6, 6.07) is 3.90. The molecule has 96 valence electrons. The molecule has 1 heterocycles. The van der Waals surface area contributed by atoms with Gasteiger partial charge in [0.2, 0.25) is 0 Å². The van der Waals surface area contributed by atoms with E-state index in [1.165, 1.54) is 0 Å². The van der Waals surface area contributed by atoms with E-state index in [-0.39, 0.29) is 6.09 Å². The van der Waals surface area contributed by atoms with Gasteiger partial charge in [-0.1, -0.05) is 27.7 Å². The van der Waals surface area contributed by atoms with Crippen LogP contribution < -0.4 is 4.90 Å². The van der Waals surface area contributed by atoms with Crippen LogP contribution in [0.2, 0.25) is 0 Å². The molecule has 0 aliphatic rings. The monoisotopic (exact) mass is 255 g/mol. The zero-order chi connectivity index (χ0) is 12.8.